The van der Waals surface area contributed by atoms with Crippen LogP contribution < -0.4 is 5.32 Å². The van der Waals surface area contributed by atoms with E-state index in [-0.39, 0.29) is 12.1 Å². The highest BCUT2D eigenvalue weighted by atomic mass is 35.5. The molecular weight excluding hydrogens is 279 g/mol. The zero-order valence-electron chi connectivity index (χ0n) is 10.9. The molecular formula is C15H16Cl2N2. The minimum Gasteiger partial charge on any atom is -0.302 e. The zero-order chi connectivity index (χ0) is 13.8. The van der Waals surface area contributed by atoms with Crippen LogP contribution in [-0.2, 0) is 0 Å². The molecule has 2 nitrogen and oxygen atoms in total. The smallest absolute Gasteiger partial charge is 0.0595 e. The fourth-order valence-electron chi connectivity index (χ4n) is 1.97. The van der Waals surface area contributed by atoms with Crippen molar-refractivity contribution in [3.63, 3.8) is 0 Å². The van der Waals surface area contributed by atoms with Gasteiger partial charge in [-0.05, 0) is 43.7 Å². The second kappa shape index (κ2) is 6.38. The van der Waals surface area contributed by atoms with Crippen LogP contribution in [-0.4, -0.2) is 4.98 Å². The number of rotatable bonds is 4. The fraction of sp³-hybridized carbons (Fsp3) is 0.267. The van der Waals surface area contributed by atoms with Crippen molar-refractivity contribution in [2.45, 2.75) is 25.9 Å². The third kappa shape index (κ3) is 3.69. The maximum atomic E-state index is 6.04. The van der Waals surface area contributed by atoms with Gasteiger partial charge in [-0.15, -0.1) is 0 Å². The average molecular weight is 295 g/mol. The molecule has 100 valence electrons. The molecule has 1 aromatic carbocycles. The van der Waals surface area contributed by atoms with Gasteiger partial charge >= 0.3 is 0 Å². The van der Waals surface area contributed by atoms with E-state index in [9.17, 15) is 0 Å². The van der Waals surface area contributed by atoms with Gasteiger partial charge in [0.05, 0.1) is 15.7 Å². The van der Waals surface area contributed by atoms with E-state index >= 15 is 0 Å². The van der Waals surface area contributed by atoms with E-state index < -0.39 is 0 Å². The van der Waals surface area contributed by atoms with Gasteiger partial charge in [-0.3, -0.25) is 4.98 Å². The monoisotopic (exact) mass is 294 g/mol. The van der Waals surface area contributed by atoms with Crippen molar-refractivity contribution in [1.82, 2.24) is 10.3 Å². The van der Waals surface area contributed by atoms with Crippen LogP contribution >= 0.6 is 23.2 Å². The lowest BCUT2D eigenvalue weighted by Gasteiger charge is -2.20. The normalized spacial score (nSPS) is 14.1. The molecule has 1 aromatic heterocycles. The summed E-state index contributed by atoms with van der Waals surface area (Å²) in [6.07, 6.45) is 1.80. The molecule has 0 bridgehead atoms. The molecule has 1 heterocycles. The molecule has 0 amide bonds. The molecule has 0 aliphatic heterocycles. The van der Waals surface area contributed by atoms with Crippen molar-refractivity contribution in [2.75, 3.05) is 0 Å². The lowest BCUT2D eigenvalue weighted by Crippen LogP contribution is -2.23. The number of nitrogens with one attached hydrogen (secondary N) is 1. The molecule has 0 radical (unpaired) electrons. The van der Waals surface area contributed by atoms with Crippen molar-refractivity contribution in [3.05, 3.63) is 63.9 Å². The summed E-state index contributed by atoms with van der Waals surface area (Å²) in [6, 6.07) is 12.0. The SMILES string of the molecule is CC(NC(C)c1ccccn1)c1ccc(Cl)c(Cl)c1. The second-order valence-corrected chi connectivity index (χ2v) is 5.35. The van der Waals surface area contributed by atoms with Crippen molar-refractivity contribution in [2.24, 2.45) is 0 Å². The molecule has 0 spiro atoms. The van der Waals surface area contributed by atoms with Crippen molar-refractivity contribution in [1.29, 1.82) is 0 Å². The summed E-state index contributed by atoms with van der Waals surface area (Å²) in [5, 5.41) is 4.66. The number of benzene rings is 1. The van der Waals surface area contributed by atoms with Gasteiger partial charge in [-0.25, -0.2) is 0 Å². The molecule has 1 N–H and O–H groups in total. The van der Waals surface area contributed by atoms with Crippen LogP contribution in [0.15, 0.2) is 42.6 Å². The van der Waals surface area contributed by atoms with E-state index in [1.165, 1.54) is 0 Å². The summed E-state index contributed by atoms with van der Waals surface area (Å²) in [7, 11) is 0. The Balaban J connectivity index is 2.08. The number of halogens is 2. The average Bonchev–Trinajstić information content (AvgIpc) is 2.42. The van der Waals surface area contributed by atoms with Gasteiger partial charge < -0.3 is 5.32 Å². The molecule has 2 atom stereocenters. The Morgan fingerprint density at radius 2 is 1.79 bits per heavy atom. The van der Waals surface area contributed by atoms with Gasteiger partial charge in [0.15, 0.2) is 0 Å². The molecule has 0 aliphatic rings. The lowest BCUT2D eigenvalue weighted by atomic mass is 10.1. The van der Waals surface area contributed by atoms with E-state index in [0.29, 0.717) is 10.0 Å². The minimum atomic E-state index is 0.172. The quantitative estimate of drug-likeness (QED) is 0.876. The van der Waals surface area contributed by atoms with E-state index in [4.69, 9.17) is 23.2 Å². The second-order valence-electron chi connectivity index (χ2n) is 4.54. The highest BCUT2D eigenvalue weighted by Gasteiger charge is 2.12. The Morgan fingerprint density at radius 1 is 1.00 bits per heavy atom. The van der Waals surface area contributed by atoms with Crippen LogP contribution in [0.1, 0.15) is 37.2 Å². The van der Waals surface area contributed by atoms with E-state index in [0.717, 1.165) is 11.3 Å². The van der Waals surface area contributed by atoms with Gasteiger partial charge in [0.25, 0.3) is 0 Å². The molecule has 2 aromatic rings. The fourth-order valence-corrected chi connectivity index (χ4v) is 2.28. The van der Waals surface area contributed by atoms with Gasteiger partial charge in [-0.1, -0.05) is 35.3 Å². The van der Waals surface area contributed by atoms with Crippen LogP contribution in [0, 0.1) is 0 Å². The van der Waals surface area contributed by atoms with Crippen LogP contribution in [0.4, 0.5) is 0 Å². The number of aromatic nitrogens is 1. The summed E-state index contributed by atoms with van der Waals surface area (Å²) in [4.78, 5) is 4.35. The first-order valence-corrected chi connectivity index (χ1v) is 6.95. The van der Waals surface area contributed by atoms with Crippen molar-refractivity contribution < 1.29 is 0 Å². The summed E-state index contributed by atoms with van der Waals surface area (Å²) >= 11 is 12.0. The number of hydrogen-bond donors (Lipinski definition) is 1. The minimum absolute atomic E-state index is 0.172. The highest BCUT2D eigenvalue weighted by Crippen LogP contribution is 2.26. The van der Waals surface area contributed by atoms with Crippen LogP contribution in [0.25, 0.3) is 0 Å². The Labute approximate surface area is 123 Å². The van der Waals surface area contributed by atoms with Gasteiger partial charge in [0, 0.05) is 18.3 Å². The third-order valence-electron chi connectivity index (χ3n) is 3.08. The summed E-state index contributed by atoms with van der Waals surface area (Å²) in [6.45, 7) is 4.19. The van der Waals surface area contributed by atoms with E-state index in [1.54, 1.807) is 6.20 Å². The molecule has 19 heavy (non-hydrogen) atoms. The zero-order valence-corrected chi connectivity index (χ0v) is 12.4. The first-order valence-electron chi connectivity index (χ1n) is 6.20. The van der Waals surface area contributed by atoms with Gasteiger partial charge in [0.1, 0.15) is 0 Å². The Bertz CT molecular complexity index is 543. The summed E-state index contributed by atoms with van der Waals surface area (Å²) < 4.78 is 0. The number of nitrogens with zero attached hydrogens (tertiary/aromatic N) is 1. The topological polar surface area (TPSA) is 24.9 Å². The van der Waals surface area contributed by atoms with E-state index in [2.05, 4.69) is 24.1 Å². The Hall–Kier alpha value is -1.09. The summed E-state index contributed by atoms with van der Waals surface area (Å²) in [5.74, 6) is 0. The first-order chi connectivity index (χ1) is 9.08. The van der Waals surface area contributed by atoms with Crippen LogP contribution in [0.5, 0.6) is 0 Å². The van der Waals surface area contributed by atoms with Crippen molar-refractivity contribution >= 4 is 23.2 Å². The maximum absolute atomic E-state index is 6.04. The molecule has 0 aliphatic carbocycles. The molecule has 0 saturated heterocycles. The Kier molecular flexibility index (Phi) is 4.81. The molecule has 4 heteroatoms. The first kappa shape index (κ1) is 14.3. The molecule has 2 unspecified atom stereocenters. The maximum Gasteiger partial charge on any atom is 0.0595 e. The van der Waals surface area contributed by atoms with Crippen LogP contribution in [0.3, 0.4) is 0 Å². The summed E-state index contributed by atoms with van der Waals surface area (Å²) in [5.41, 5.74) is 2.13. The van der Waals surface area contributed by atoms with E-state index in [1.807, 2.05) is 36.4 Å². The van der Waals surface area contributed by atoms with Gasteiger partial charge in [0.2, 0.25) is 0 Å². The Morgan fingerprint density at radius 3 is 2.42 bits per heavy atom. The number of hydrogen-bond acceptors (Lipinski definition) is 2. The molecule has 0 saturated carbocycles. The van der Waals surface area contributed by atoms with Crippen molar-refractivity contribution in [3.8, 4) is 0 Å². The van der Waals surface area contributed by atoms with Crippen LogP contribution in [0.2, 0.25) is 10.0 Å². The molecule has 2 rings (SSSR count). The number of pyridine rings is 1. The lowest BCUT2D eigenvalue weighted by molar-refractivity contribution is 0.486. The predicted molar refractivity (Wildman–Crippen MR) is 80.7 cm³/mol. The standard InChI is InChI=1S/C15H16Cl2N2/c1-10(12-6-7-13(16)14(17)9-12)19-11(2)15-5-3-4-8-18-15/h3-11,19H,1-2H3. The van der Waals surface area contributed by atoms with Gasteiger partial charge in [-0.2, -0.15) is 0 Å². The molecule has 0 fully saturated rings. The predicted octanol–water partition coefficient (Wildman–Crippen LogP) is 4.80. The highest BCUT2D eigenvalue weighted by molar-refractivity contribution is 6.42. The third-order valence-corrected chi connectivity index (χ3v) is 3.81. The largest absolute Gasteiger partial charge is 0.302 e.